The van der Waals surface area contributed by atoms with Crippen LogP contribution in [0.4, 0.5) is 0 Å². The molecule has 1 unspecified atom stereocenters. The molecule has 0 aliphatic carbocycles. The zero-order valence-corrected chi connectivity index (χ0v) is 10.1. The van der Waals surface area contributed by atoms with Crippen LogP contribution < -0.4 is 11.3 Å². The maximum absolute atomic E-state index is 5.62. The lowest BCUT2D eigenvalue weighted by atomic mass is 10.0. The lowest BCUT2D eigenvalue weighted by molar-refractivity contribution is 0.547. The summed E-state index contributed by atoms with van der Waals surface area (Å²) in [7, 11) is 1.93. The first kappa shape index (κ1) is 11.8. The molecule has 2 rings (SSSR count). The van der Waals surface area contributed by atoms with Crippen molar-refractivity contribution in [3.05, 3.63) is 47.5 Å². The molecule has 1 atom stereocenters. The molecule has 0 aliphatic rings. The molecule has 17 heavy (non-hydrogen) atoms. The van der Waals surface area contributed by atoms with E-state index in [1.165, 1.54) is 0 Å². The molecule has 90 valence electrons. The molecule has 0 aromatic carbocycles. The number of hydrazine groups is 1. The van der Waals surface area contributed by atoms with E-state index < -0.39 is 0 Å². The minimum Gasteiger partial charge on any atom is -0.273 e. The number of nitrogens with one attached hydrogen (secondary N) is 1. The van der Waals surface area contributed by atoms with Crippen LogP contribution in [0.5, 0.6) is 0 Å². The number of hydrogen-bond donors (Lipinski definition) is 2. The highest BCUT2D eigenvalue weighted by Crippen LogP contribution is 2.19. The van der Waals surface area contributed by atoms with Crippen molar-refractivity contribution in [3.63, 3.8) is 0 Å². The van der Waals surface area contributed by atoms with E-state index in [2.05, 4.69) is 15.5 Å². The summed E-state index contributed by atoms with van der Waals surface area (Å²) in [6, 6.07) is 4.04. The van der Waals surface area contributed by atoms with Crippen molar-refractivity contribution in [2.24, 2.45) is 12.9 Å². The van der Waals surface area contributed by atoms with E-state index in [0.29, 0.717) is 0 Å². The quantitative estimate of drug-likeness (QED) is 0.605. The topological polar surface area (TPSA) is 68.8 Å². The van der Waals surface area contributed by atoms with Crippen molar-refractivity contribution in [3.8, 4) is 0 Å². The van der Waals surface area contributed by atoms with Gasteiger partial charge in [0.2, 0.25) is 0 Å². The molecule has 0 fully saturated rings. The average molecular weight is 231 g/mol. The third-order valence-corrected chi connectivity index (χ3v) is 3.01. The molecule has 0 spiro atoms. The molecule has 2 heterocycles. The Morgan fingerprint density at radius 2 is 2.29 bits per heavy atom. The number of rotatable bonds is 4. The van der Waals surface area contributed by atoms with Gasteiger partial charge in [-0.2, -0.15) is 5.10 Å². The Kier molecular flexibility index (Phi) is 3.51. The number of nitrogens with zero attached hydrogens (tertiary/aromatic N) is 3. The van der Waals surface area contributed by atoms with Crippen molar-refractivity contribution in [1.29, 1.82) is 0 Å². The standard InChI is InChI=1S/C12H17N5/c1-9-11(8-15-17(9)2)12(16-13)6-10-4-3-5-14-7-10/h3-5,7-8,12,16H,6,13H2,1-2H3. The van der Waals surface area contributed by atoms with Gasteiger partial charge in [0.15, 0.2) is 0 Å². The van der Waals surface area contributed by atoms with Crippen molar-refractivity contribution < 1.29 is 0 Å². The molecule has 0 radical (unpaired) electrons. The zero-order chi connectivity index (χ0) is 12.3. The molecule has 0 bridgehead atoms. The van der Waals surface area contributed by atoms with Crippen LogP contribution in [0.3, 0.4) is 0 Å². The Morgan fingerprint density at radius 1 is 1.47 bits per heavy atom. The van der Waals surface area contributed by atoms with Crippen LogP contribution in [0.1, 0.15) is 22.9 Å². The predicted octanol–water partition coefficient (Wildman–Crippen LogP) is 0.871. The molecule has 0 amide bonds. The van der Waals surface area contributed by atoms with Crippen LogP contribution in [-0.4, -0.2) is 14.8 Å². The van der Waals surface area contributed by atoms with Crippen molar-refractivity contribution in [2.45, 2.75) is 19.4 Å². The Balaban J connectivity index is 2.20. The van der Waals surface area contributed by atoms with Crippen LogP contribution in [-0.2, 0) is 13.5 Å². The SMILES string of the molecule is Cc1c(C(Cc2cccnc2)NN)cnn1C. The van der Waals surface area contributed by atoms with E-state index in [9.17, 15) is 0 Å². The fourth-order valence-corrected chi connectivity index (χ4v) is 1.87. The summed E-state index contributed by atoms with van der Waals surface area (Å²) in [6.07, 6.45) is 6.28. The van der Waals surface area contributed by atoms with Gasteiger partial charge in [0.1, 0.15) is 0 Å². The van der Waals surface area contributed by atoms with E-state index in [4.69, 9.17) is 5.84 Å². The highest BCUT2D eigenvalue weighted by molar-refractivity contribution is 5.23. The van der Waals surface area contributed by atoms with E-state index >= 15 is 0 Å². The van der Waals surface area contributed by atoms with E-state index in [-0.39, 0.29) is 6.04 Å². The Bertz CT molecular complexity index is 477. The molecule has 0 saturated carbocycles. The summed E-state index contributed by atoms with van der Waals surface area (Å²) < 4.78 is 1.85. The number of aryl methyl sites for hydroxylation is 1. The predicted molar refractivity (Wildman–Crippen MR) is 66.0 cm³/mol. The first-order chi connectivity index (χ1) is 8.22. The van der Waals surface area contributed by atoms with Gasteiger partial charge in [0, 0.05) is 30.7 Å². The highest BCUT2D eigenvalue weighted by atomic mass is 15.3. The summed E-state index contributed by atoms with van der Waals surface area (Å²) in [5.74, 6) is 5.62. The lowest BCUT2D eigenvalue weighted by Crippen LogP contribution is -2.30. The third kappa shape index (κ3) is 2.51. The largest absolute Gasteiger partial charge is 0.273 e. The molecular formula is C12H17N5. The molecular weight excluding hydrogens is 214 g/mol. The summed E-state index contributed by atoms with van der Waals surface area (Å²) in [6.45, 7) is 2.04. The second-order valence-corrected chi connectivity index (χ2v) is 4.09. The monoisotopic (exact) mass is 231 g/mol. The number of nitrogens with two attached hydrogens (primary N) is 1. The van der Waals surface area contributed by atoms with E-state index in [1.54, 1.807) is 6.20 Å². The zero-order valence-electron chi connectivity index (χ0n) is 10.1. The molecule has 0 saturated heterocycles. The number of pyridine rings is 1. The molecule has 2 aromatic rings. The van der Waals surface area contributed by atoms with Gasteiger partial charge in [-0.05, 0) is 25.0 Å². The Labute approximate surface area is 101 Å². The van der Waals surface area contributed by atoms with Crippen molar-refractivity contribution in [2.75, 3.05) is 0 Å². The summed E-state index contributed by atoms with van der Waals surface area (Å²) in [5.41, 5.74) is 6.24. The second-order valence-electron chi connectivity index (χ2n) is 4.09. The van der Waals surface area contributed by atoms with Crippen LogP contribution in [0.15, 0.2) is 30.7 Å². The van der Waals surface area contributed by atoms with Gasteiger partial charge in [0.05, 0.1) is 12.2 Å². The fourth-order valence-electron chi connectivity index (χ4n) is 1.87. The number of hydrogen-bond acceptors (Lipinski definition) is 4. The molecule has 5 nitrogen and oxygen atoms in total. The van der Waals surface area contributed by atoms with Gasteiger partial charge in [-0.25, -0.2) is 0 Å². The Morgan fingerprint density at radius 3 is 2.82 bits per heavy atom. The van der Waals surface area contributed by atoms with Crippen molar-refractivity contribution in [1.82, 2.24) is 20.2 Å². The van der Waals surface area contributed by atoms with Gasteiger partial charge in [-0.1, -0.05) is 6.07 Å². The van der Waals surface area contributed by atoms with Gasteiger partial charge in [-0.3, -0.25) is 20.9 Å². The van der Waals surface area contributed by atoms with Crippen molar-refractivity contribution >= 4 is 0 Å². The normalized spacial score (nSPS) is 12.6. The summed E-state index contributed by atoms with van der Waals surface area (Å²) in [4.78, 5) is 4.10. The molecule has 5 heteroatoms. The van der Waals surface area contributed by atoms with Crippen LogP contribution in [0, 0.1) is 6.92 Å². The fraction of sp³-hybridized carbons (Fsp3) is 0.333. The van der Waals surface area contributed by atoms with Gasteiger partial charge in [-0.15, -0.1) is 0 Å². The van der Waals surface area contributed by atoms with Crippen LogP contribution in [0.2, 0.25) is 0 Å². The minimum absolute atomic E-state index is 0.0629. The average Bonchev–Trinajstić information content (AvgIpc) is 2.69. The molecule has 3 N–H and O–H groups in total. The third-order valence-electron chi connectivity index (χ3n) is 3.01. The first-order valence-corrected chi connectivity index (χ1v) is 5.56. The lowest BCUT2D eigenvalue weighted by Gasteiger charge is -2.15. The highest BCUT2D eigenvalue weighted by Gasteiger charge is 2.15. The van der Waals surface area contributed by atoms with Gasteiger partial charge < -0.3 is 0 Å². The molecule has 0 aliphatic heterocycles. The maximum atomic E-state index is 5.62. The number of aromatic nitrogens is 3. The Hall–Kier alpha value is -1.72. The summed E-state index contributed by atoms with van der Waals surface area (Å²) in [5, 5.41) is 4.23. The van der Waals surface area contributed by atoms with Crippen LogP contribution >= 0.6 is 0 Å². The van der Waals surface area contributed by atoms with Gasteiger partial charge >= 0.3 is 0 Å². The second kappa shape index (κ2) is 5.07. The van der Waals surface area contributed by atoms with Crippen LogP contribution in [0.25, 0.3) is 0 Å². The first-order valence-electron chi connectivity index (χ1n) is 5.56. The maximum Gasteiger partial charge on any atom is 0.0540 e. The minimum atomic E-state index is 0.0629. The molecule has 2 aromatic heterocycles. The summed E-state index contributed by atoms with van der Waals surface area (Å²) >= 11 is 0. The smallest absolute Gasteiger partial charge is 0.0540 e. The van der Waals surface area contributed by atoms with E-state index in [1.807, 2.05) is 43.2 Å². The van der Waals surface area contributed by atoms with E-state index in [0.717, 1.165) is 23.2 Å². The van der Waals surface area contributed by atoms with Gasteiger partial charge in [0.25, 0.3) is 0 Å².